The molecule has 2 aromatic rings. The van der Waals surface area contributed by atoms with Gasteiger partial charge in [0.05, 0.1) is 14.1 Å². The topological polar surface area (TPSA) is 82.0 Å². The van der Waals surface area contributed by atoms with Gasteiger partial charge < -0.3 is 5.73 Å². The average molecular weight is 274 g/mol. The summed E-state index contributed by atoms with van der Waals surface area (Å²) in [7, 11) is 0. The van der Waals surface area contributed by atoms with Crippen molar-refractivity contribution in [2.24, 2.45) is 0 Å². The van der Waals surface area contributed by atoms with Gasteiger partial charge in [-0.05, 0) is 33.5 Å². The maximum atomic E-state index is 10.6. The zero-order valence-electron chi connectivity index (χ0n) is 6.73. The van der Waals surface area contributed by atoms with Gasteiger partial charge in [0, 0.05) is 11.5 Å². The van der Waals surface area contributed by atoms with E-state index in [9.17, 15) is 10.1 Å². The molecule has 0 aliphatic heterocycles. The first-order valence-electron chi connectivity index (χ1n) is 3.58. The summed E-state index contributed by atoms with van der Waals surface area (Å²) in [5.41, 5.74) is 5.56. The normalized spacial score (nSPS) is 10.6. The highest BCUT2D eigenvalue weighted by molar-refractivity contribution is 9.10. The van der Waals surface area contributed by atoms with Crippen LogP contribution >= 0.6 is 27.5 Å². The van der Waals surface area contributed by atoms with Crippen molar-refractivity contribution >= 4 is 49.1 Å². The van der Waals surface area contributed by atoms with Crippen LogP contribution in [0, 0.1) is 10.1 Å². The Morgan fingerprint density at radius 1 is 1.57 bits per heavy atom. The van der Waals surface area contributed by atoms with Crippen molar-refractivity contribution in [3.05, 3.63) is 26.7 Å². The molecular weight excluding hydrogens is 270 g/mol. The highest BCUT2D eigenvalue weighted by atomic mass is 79.9. The van der Waals surface area contributed by atoms with Gasteiger partial charge in [0.2, 0.25) is 0 Å². The summed E-state index contributed by atoms with van der Waals surface area (Å²) >= 11 is 4.34. The Morgan fingerprint density at radius 3 is 2.93 bits per heavy atom. The standard InChI is InChI=1S/C7H4BrN3O2S/c8-4-2-6-3(7(9)10-14-6)1-5(4)11(12)13/h1-2H,(H2,9,10). The Labute approximate surface area is 91.0 Å². The van der Waals surface area contributed by atoms with Crippen LogP contribution in [0.4, 0.5) is 11.5 Å². The Hall–Kier alpha value is -1.21. The number of hydrogen-bond acceptors (Lipinski definition) is 5. The second-order valence-electron chi connectivity index (χ2n) is 2.62. The third-order valence-corrected chi connectivity index (χ3v) is 3.22. The Morgan fingerprint density at radius 2 is 2.29 bits per heavy atom. The van der Waals surface area contributed by atoms with E-state index in [-0.39, 0.29) is 5.69 Å². The van der Waals surface area contributed by atoms with Crippen molar-refractivity contribution in [2.45, 2.75) is 0 Å². The number of rotatable bonds is 1. The van der Waals surface area contributed by atoms with Crippen LogP contribution in [0.2, 0.25) is 0 Å². The molecule has 0 atom stereocenters. The summed E-state index contributed by atoms with van der Waals surface area (Å²) in [6.45, 7) is 0. The molecule has 0 saturated heterocycles. The molecule has 2 N–H and O–H groups in total. The number of benzene rings is 1. The van der Waals surface area contributed by atoms with E-state index >= 15 is 0 Å². The molecule has 0 aliphatic carbocycles. The number of nitrogens with two attached hydrogens (primary N) is 1. The van der Waals surface area contributed by atoms with Crippen LogP contribution in [0.25, 0.3) is 10.1 Å². The van der Waals surface area contributed by atoms with Gasteiger partial charge in [-0.1, -0.05) is 0 Å². The molecular formula is C7H4BrN3O2S. The van der Waals surface area contributed by atoms with E-state index < -0.39 is 4.92 Å². The lowest BCUT2D eigenvalue weighted by molar-refractivity contribution is -0.385. The fourth-order valence-corrected chi connectivity index (χ4v) is 2.47. The predicted molar refractivity (Wildman–Crippen MR) is 58.4 cm³/mol. The van der Waals surface area contributed by atoms with E-state index in [1.165, 1.54) is 17.6 Å². The first-order valence-corrected chi connectivity index (χ1v) is 5.15. The first-order chi connectivity index (χ1) is 6.59. The highest BCUT2D eigenvalue weighted by Gasteiger charge is 2.15. The second kappa shape index (κ2) is 3.18. The number of halogens is 1. The molecule has 1 heterocycles. The number of hydrogen-bond donors (Lipinski definition) is 1. The van der Waals surface area contributed by atoms with Gasteiger partial charge in [0.1, 0.15) is 5.82 Å². The molecule has 0 saturated carbocycles. The monoisotopic (exact) mass is 273 g/mol. The number of aromatic nitrogens is 1. The number of nitrogen functional groups attached to an aromatic ring is 1. The highest BCUT2D eigenvalue weighted by Crippen LogP contribution is 2.34. The van der Waals surface area contributed by atoms with E-state index in [0.29, 0.717) is 15.7 Å². The van der Waals surface area contributed by atoms with Gasteiger partial charge in [-0.2, -0.15) is 4.37 Å². The van der Waals surface area contributed by atoms with Crippen LogP contribution in [0.3, 0.4) is 0 Å². The van der Waals surface area contributed by atoms with E-state index in [1.807, 2.05) is 0 Å². The molecule has 0 amide bonds. The van der Waals surface area contributed by atoms with Crippen LogP contribution in [0.15, 0.2) is 16.6 Å². The van der Waals surface area contributed by atoms with E-state index in [4.69, 9.17) is 5.73 Å². The fourth-order valence-electron chi connectivity index (χ4n) is 1.11. The van der Waals surface area contributed by atoms with Crippen molar-refractivity contribution in [2.75, 3.05) is 5.73 Å². The number of fused-ring (bicyclic) bond motifs is 1. The van der Waals surface area contributed by atoms with Crippen molar-refractivity contribution in [1.29, 1.82) is 0 Å². The molecule has 0 spiro atoms. The van der Waals surface area contributed by atoms with Crippen LogP contribution in [0.1, 0.15) is 0 Å². The number of nitrogens with zero attached hydrogens (tertiary/aromatic N) is 2. The van der Waals surface area contributed by atoms with Crippen molar-refractivity contribution < 1.29 is 4.92 Å². The quantitative estimate of drug-likeness (QED) is 0.640. The molecule has 7 heteroatoms. The van der Waals surface area contributed by atoms with E-state index in [2.05, 4.69) is 20.3 Å². The lowest BCUT2D eigenvalue weighted by Gasteiger charge is -1.95. The lowest BCUT2D eigenvalue weighted by atomic mass is 10.2. The SMILES string of the molecule is Nc1nsc2cc(Br)c([N+](=O)[O-])cc12. The van der Waals surface area contributed by atoms with Crippen molar-refractivity contribution in [3.63, 3.8) is 0 Å². The number of anilines is 1. The maximum Gasteiger partial charge on any atom is 0.284 e. The fraction of sp³-hybridized carbons (Fsp3) is 0. The summed E-state index contributed by atoms with van der Waals surface area (Å²) in [5, 5.41) is 11.2. The van der Waals surface area contributed by atoms with Gasteiger partial charge in [-0.3, -0.25) is 10.1 Å². The molecule has 0 bridgehead atoms. The number of nitro benzene ring substituents is 1. The number of nitro groups is 1. The summed E-state index contributed by atoms with van der Waals surface area (Å²) in [5.74, 6) is 0.334. The zero-order chi connectivity index (χ0) is 10.3. The van der Waals surface area contributed by atoms with Gasteiger partial charge >= 0.3 is 0 Å². The zero-order valence-corrected chi connectivity index (χ0v) is 9.13. The Bertz CT molecular complexity index is 525. The molecule has 14 heavy (non-hydrogen) atoms. The van der Waals surface area contributed by atoms with Gasteiger partial charge in [0.25, 0.3) is 5.69 Å². The van der Waals surface area contributed by atoms with Gasteiger partial charge in [-0.25, -0.2) is 0 Å². The largest absolute Gasteiger partial charge is 0.382 e. The van der Waals surface area contributed by atoms with Gasteiger partial charge in [-0.15, -0.1) is 0 Å². The van der Waals surface area contributed by atoms with E-state index in [0.717, 1.165) is 4.70 Å². The third-order valence-electron chi connectivity index (χ3n) is 1.76. The van der Waals surface area contributed by atoms with E-state index in [1.54, 1.807) is 6.07 Å². The predicted octanol–water partition coefficient (Wildman–Crippen LogP) is 2.55. The third kappa shape index (κ3) is 1.34. The summed E-state index contributed by atoms with van der Waals surface area (Å²) in [6, 6.07) is 3.08. The summed E-state index contributed by atoms with van der Waals surface area (Å²) < 4.78 is 5.19. The van der Waals surface area contributed by atoms with Crippen LogP contribution < -0.4 is 5.73 Å². The molecule has 72 valence electrons. The molecule has 0 aliphatic rings. The minimum Gasteiger partial charge on any atom is -0.382 e. The smallest absolute Gasteiger partial charge is 0.284 e. The lowest BCUT2D eigenvalue weighted by Crippen LogP contribution is -1.90. The van der Waals surface area contributed by atoms with Crippen LogP contribution in [-0.4, -0.2) is 9.30 Å². The molecule has 0 unspecified atom stereocenters. The molecule has 1 aromatic heterocycles. The van der Waals surface area contributed by atoms with Crippen LogP contribution in [0.5, 0.6) is 0 Å². The van der Waals surface area contributed by atoms with Crippen molar-refractivity contribution in [1.82, 2.24) is 4.37 Å². The molecule has 5 nitrogen and oxygen atoms in total. The maximum absolute atomic E-state index is 10.6. The van der Waals surface area contributed by atoms with Crippen LogP contribution in [-0.2, 0) is 0 Å². The average Bonchev–Trinajstić information content (AvgIpc) is 2.46. The molecule has 0 radical (unpaired) electrons. The van der Waals surface area contributed by atoms with Crippen molar-refractivity contribution in [3.8, 4) is 0 Å². The Kier molecular flexibility index (Phi) is 2.12. The Balaban J connectivity index is 2.80. The summed E-state index contributed by atoms with van der Waals surface area (Å²) in [6.07, 6.45) is 0. The molecule has 0 fully saturated rings. The molecule has 2 rings (SSSR count). The summed E-state index contributed by atoms with van der Waals surface area (Å²) in [4.78, 5) is 10.2. The molecule has 1 aromatic carbocycles. The second-order valence-corrected chi connectivity index (χ2v) is 4.28. The minimum absolute atomic E-state index is 0.00407. The van der Waals surface area contributed by atoms with Gasteiger partial charge in [0.15, 0.2) is 0 Å². The first kappa shape index (κ1) is 9.35. The minimum atomic E-state index is -0.458.